The van der Waals surface area contributed by atoms with Crippen molar-refractivity contribution in [1.82, 2.24) is 24.8 Å². The van der Waals surface area contributed by atoms with Crippen molar-refractivity contribution in [3.05, 3.63) is 28.0 Å². The van der Waals surface area contributed by atoms with E-state index in [-0.39, 0.29) is 75.7 Å². The highest BCUT2D eigenvalue weighted by atomic mass is 35.5. The van der Waals surface area contributed by atoms with E-state index in [9.17, 15) is 18.0 Å². The normalized spacial score (nSPS) is 27.0. The highest BCUT2D eigenvalue weighted by Crippen LogP contribution is 2.49. The molecule has 53 heavy (non-hydrogen) atoms. The summed E-state index contributed by atoms with van der Waals surface area (Å²) in [6, 6.07) is 0.0372. The lowest BCUT2D eigenvalue weighted by molar-refractivity contribution is -0.137. The largest absolute Gasteiger partial charge is 0.472 e. The van der Waals surface area contributed by atoms with Crippen LogP contribution in [0.15, 0.2) is 6.07 Å². The summed E-state index contributed by atoms with van der Waals surface area (Å²) in [6.07, 6.45) is -2.93. The van der Waals surface area contributed by atoms with Gasteiger partial charge in [0.05, 0.1) is 47.6 Å². The minimum Gasteiger partial charge on any atom is -0.472 e. The Morgan fingerprint density at radius 2 is 1.87 bits per heavy atom. The van der Waals surface area contributed by atoms with Crippen LogP contribution in [0, 0.1) is 12.7 Å². The molecule has 5 aliphatic rings. The first-order valence-corrected chi connectivity index (χ1v) is 18.4. The first kappa shape index (κ1) is 36.1. The van der Waals surface area contributed by atoms with Crippen molar-refractivity contribution in [2.24, 2.45) is 0 Å². The lowest BCUT2D eigenvalue weighted by Crippen LogP contribution is -2.65. The first-order chi connectivity index (χ1) is 25.0. The van der Waals surface area contributed by atoms with Crippen LogP contribution in [0.2, 0.25) is 5.02 Å². The Morgan fingerprint density at radius 1 is 1.11 bits per heavy atom. The Hall–Kier alpha value is -3.89. The van der Waals surface area contributed by atoms with Crippen LogP contribution in [0.1, 0.15) is 64.5 Å². The van der Waals surface area contributed by atoms with Gasteiger partial charge in [-0.2, -0.15) is 23.1 Å². The summed E-state index contributed by atoms with van der Waals surface area (Å²) in [7, 11) is 0. The van der Waals surface area contributed by atoms with E-state index in [0.29, 0.717) is 32.6 Å². The molecule has 4 fully saturated rings. The Balaban J connectivity index is 1.28. The molecule has 1 amide bonds. The van der Waals surface area contributed by atoms with E-state index in [1.165, 1.54) is 6.92 Å². The summed E-state index contributed by atoms with van der Waals surface area (Å²) < 4.78 is 85.3. The highest BCUT2D eigenvalue weighted by Gasteiger charge is 2.54. The number of rotatable bonds is 4. The fraction of sp³-hybridized carbons (Fsp3) is 0.611. The number of amides is 1. The number of piperazine rings is 1. The number of benzene rings is 1. The van der Waals surface area contributed by atoms with Gasteiger partial charge in [-0.25, -0.2) is 14.2 Å². The van der Waals surface area contributed by atoms with Gasteiger partial charge in [-0.3, -0.25) is 9.80 Å². The van der Waals surface area contributed by atoms with Crippen LogP contribution in [-0.4, -0.2) is 106 Å². The molecule has 6 atom stereocenters. The standard InChI is InChI=1S/C36H42ClF4N7O5/c1-16-25(36(39,40)41)21(12-22(42)26(16)37)28-27(38)29-24-31(45-33(44-29)51-15-20-7-6-19-14-50-11-10-46(19)20)47-13-18-8-9-23(30(47)17(2)52-32(24)43-28)48(18)34(49)53-35(3,4)5/h12,17-20,23,30H,6-11,13-15,42H2,1-5H3/t17-,18+,19-,20-,23-,30+/m0/s1. The molecule has 17 heteroatoms. The van der Waals surface area contributed by atoms with Crippen LogP contribution in [0.25, 0.3) is 22.2 Å². The Morgan fingerprint density at radius 3 is 2.60 bits per heavy atom. The lowest BCUT2D eigenvalue weighted by Gasteiger charge is -2.48. The number of alkyl halides is 3. The number of aromatic nitrogens is 3. The maximum Gasteiger partial charge on any atom is 0.417 e. The molecule has 1 aromatic carbocycles. The quantitative estimate of drug-likeness (QED) is 0.235. The zero-order chi connectivity index (χ0) is 37.7. The first-order valence-electron chi connectivity index (χ1n) is 18.0. The summed E-state index contributed by atoms with van der Waals surface area (Å²) in [5, 5.41) is -0.194. The number of carbonyl (C=O) groups is 1. The predicted octanol–water partition coefficient (Wildman–Crippen LogP) is 6.37. The van der Waals surface area contributed by atoms with Crippen molar-refractivity contribution in [1.29, 1.82) is 0 Å². The second kappa shape index (κ2) is 12.9. The van der Waals surface area contributed by atoms with Gasteiger partial charge < -0.3 is 29.6 Å². The monoisotopic (exact) mass is 763 g/mol. The van der Waals surface area contributed by atoms with Crippen LogP contribution in [0.3, 0.4) is 0 Å². The number of anilines is 2. The lowest BCUT2D eigenvalue weighted by atomic mass is 9.96. The van der Waals surface area contributed by atoms with Gasteiger partial charge in [0.25, 0.3) is 0 Å². The third kappa shape index (κ3) is 6.14. The second-order valence-electron chi connectivity index (χ2n) is 15.6. The third-order valence-corrected chi connectivity index (χ3v) is 11.6. The van der Waals surface area contributed by atoms with Crippen molar-refractivity contribution in [2.45, 2.75) is 108 Å². The maximum absolute atomic E-state index is 17.1. The average Bonchev–Trinajstić information content (AvgIpc) is 3.60. The summed E-state index contributed by atoms with van der Waals surface area (Å²) in [4.78, 5) is 33.4. The van der Waals surface area contributed by atoms with Gasteiger partial charge in [0.15, 0.2) is 5.82 Å². The molecule has 0 radical (unpaired) electrons. The van der Waals surface area contributed by atoms with E-state index in [2.05, 4.69) is 14.9 Å². The molecule has 2 N–H and O–H groups in total. The van der Waals surface area contributed by atoms with Crippen molar-refractivity contribution >= 4 is 40.1 Å². The Kier molecular flexibility index (Phi) is 8.76. The third-order valence-electron chi connectivity index (χ3n) is 11.1. The molecule has 7 heterocycles. The van der Waals surface area contributed by atoms with Gasteiger partial charge in [-0.15, -0.1) is 0 Å². The molecule has 0 saturated carbocycles. The predicted molar refractivity (Wildman–Crippen MR) is 188 cm³/mol. The molecule has 2 bridgehead atoms. The number of fused-ring (bicyclic) bond motifs is 6. The summed E-state index contributed by atoms with van der Waals surface area (Å²) >= 11 is 6.18. The van der Waals surface area contributed by atoms with Crippen LogP contribution in [0.4, 0.5) is 33.9 Å². The molecule has 286 valence electrons. The summed E-state index contributed by atoms with van der Waals surface area (Å²) in [5.74, 6) is -1.000. The van der Waals surface area contributed by atoms with E-state index in [1.54, 1.807) is 32.6 Å². The van der Waals surface area contributed by atoms with Gasteiger partial charge in [-0.1, -0.05) is 11.6 Å². The number of nitrogens with two attached hydrogens (primary N) is 1. The Bertz CT molecular complexity index is 1980. The number of ether oxygens (including phenoxy) is 4. The molecule has 2 aromatic heterocycles. The van der Waals surface area contributed by atoms with Crippen LogP contribution >= 0.6 is 11.6 Å². The maximum atomic E-state index is 17.1. The molecule has 0 spiro atoms. The average molecular weight is 764 g/mol. The molecule has 5 aliphatic heterocycles. The van der Waals surface area contributed by atoms with Gasteiger partial charge in [0, 0.05) is 30.7 Å². The molecule has 4 saturated heterocycles. The van der Waals surface area contributed by atoms with E-state index in [0.717, 1.165) is 25.5 Å². The molecule has 12 nitrogen and oxygen atoms in total. The van der Waals surface area contributed by atoms with E-state index >= 15 is 4.39 Å². The van der Waals surface area contributed by atoms with Crippen LogP contribution in [-0.2, 0) is 15.7 Å². The SMILES string of the molecule is Cc1c(Cl)c(N)cc(-c2nc3c4c(nc(OC[C@@H]5CC[C@H]6COCCN65)nc4c2F)N2C[C@H]4CC[C@@H]([C@H]2[C@H](C)O3)N4C(=O)OC(C)(C)C)c1C(F)(F)F. The van der Waals surface area contributed by atoms with Gasteiger partial charge in [0.1, 0.15) is 40.7 Å². The number of hydrogen-bond acceptors (Lipinski definition) is 11. The number of nitrogen functional groups attached to an aromatic ring is 1. The topological polar surface area (TPSA) is 128 Å². The van der Waals surface area contributed by atoms with Crippen LogP contribution in [0.5, 0.6) is 11.9 Å². The van der Waals surface area contributed by atoms with Crippen molar-refractivity contribution in [3.63, 3.8) is 0 Å². The zero-order valence-electron chi connectivity index (χ0n) is 30.1. The summed E-state index contributed by atoms with van der Waals surface area (Å²) in [5.41, 5.74) is 2.05. The zero-order valence-corrected chi connectivity index (χ0v) is 30.9. The fourth-order valence-electron chi connectivity index (χ4n) is 8.93. The van der Waals surface area contributed by atoms with Gasteiger partial charge >= 0.3 is 18.3 Å². The summed E-state index contributed by atoms with van der Waals surface area (Å²) in [6.45, 7) is 10.9. The van der Waals surface area contributed by atoms with E-state index < -0.39 is 52.7 Å². The van der Waals surface area contributed by atoms with Crippen molar-refractivity contribution < 1.29 is 41.3 Å². The van der Waals surface area contributed by atoms with Gasteiger partial charge in [-0.05, 0) is 71.9 Å². The number of nitrogens with zero attached hydrogens (tertiary/aromatic N) is 6. The molecular weight excluding hydrogens is 722 g/mol. The van der Waals surface area contributed by atoms with Crippen molar-refractivity contribution in [3.8, 4) is 23.1 Å². The molecule has 0 aliphatic carbocycles. The van der Waals surface area contributed by atoms with Crippen LogP contribution < -0.4 is 20.1 Å². The highest BCUT2D eigenvalue weighted by molar-refractivity contribution is 6.34. The van der Waals surface area contributed by atoms with Gasteiger partial charge in [0.2, 0.25) is 5.88 Å². The number of hydrogen-bond donors (Lipinski definition) is 1. The number of morpholine rings is 1. The second-order valence-corrected chi connectivity index (χ2v) is 16.0. The van der Waals surface area contributed by atoms with Crippen molar-refractivity contribution in [2.75, 3.05) is 43.5 Å². The molecule has 0 unspecified atom stereocenters. The number of pyridine rings is 1. The minimum atomic E-state index is -4.93. The Labute approximate surface area is 308 Å². The molecular formula is C36H42ClF4N7O5. The fourth-order valence-corrected chi connectivity index (χ4v) is 9.08. The number of halogens is 5. The van der Waals surface area contributed by atoms with E-state index in [1.807, 2.05) is 4.90 Å². The number of carbonyl (C=O) groups excluding carboxylic acids is 1. The van der Waals surface area contributed by atoms with E-state index in [4.69, 9.17) is 41.3 Å². The minimum absolute atomic E-state index is 0.0504. The molecule has 3 aromatic rings. The smallest absolute Gasteiger partial charge is 0.417 e. The molecule has 8 rings (SSSR count).